The van der Waals surface area contributed by atoms with Crippen LogP contribution in [-0.2, 0) is 6.42 Å². The minimum atomic E-state index is 0.0798. The Kier molecular flexibility index (Phi) is 5.23. The number of nitrogens with zero attached hydrogens (tertiary/aromatic N) is 5. The number of hydrogen-bond donors (Lipinski definition) is 0. The first kappa shape index (κ1) is 17.4. The number of aryl methyl sites for hydroxylation is 1. The quantitative estimate of drug-likeness (QED) is 0.700. The van der Waals surface area contributed by atoms with E-state index in [1.165, 1.54) is 12.0 Å². The van der Waals surface area contributed by atoms with Crippen molar-refractivity contribution in [3.05, 3.63) is 72.4 Å². The van der Waals surface area contributed by atoms with Gasteiger partial charge in [-0.15, -0.1) is 10.2 Å². The van der Waals surface area contributed by atoms with E-state index in [1.807, 2.05) is 11.0 Å². The van der Waals surface area contributed by atoms with E-state index in [0.29, 0.717) is 17.3 Å². The van der Waals surface area contributed by atoms with Gasteiger partial charge in [-0.1, -0.05) is 30.3 Å². The van der Waals surface area contributed by atoms with Gasteiger partial charge in [0, 0.05) is 24.8 Å². The molecule has 1 aromatic carbocycles. The van der Waals surface area contributed by atoms with Gasteiger partial charge in [-0.2, -0.15) is 0 Å². The molecule has 1 aliphatic rings. The highest BCUT2D eigenvalue weighted by Crippen LogP contribution is 2.23. The highest BCUT2D eigenvalue weighted by Gasteiger charge is 2.24. The highest BCUT2D eigenvalue weighted by atomic mass is 16.2. The molecule has 6 heteroatoms. The van der Waals surface area contributed by atoms with Gasteiger partial charge in [-0.3, -0.25) is 9.36 Å². The standard InChI is InChI=1S/C21H23N5O/c27-21(19-10-11-22-20(13-19)26-15-23-24-16-26)25-12-4-7-18(14-25)9-8-17-5-2-1-3-6-17/h1-3,5-6,10-11,13,15-16,18H,4,7-9,12,14H2/t18-/m0/s1. The monoisotopic (exact) mass is 361 g/mol. The average molecular weight is 361 g/mol. The Morgan fingerprint density at radius 3 is 2.74 bits per heavy atom. The topological polar surface area (TPSA) is 63.9 Å². The molecule has 3 heterocycles. The summed E-state index contributed by atoms with van der Waals surface area (Å²) in [6.45, 7) is 1.65. The maximum Gasteiger partial charge on any atom is 0.254 e. The number of piperidine rings is 1. The van der Waals surface area contributed by atoms with Crippen molar-refractivity contribution in [1.29, 1.82) is 0 Å². The highest BCUT2D eigenvalue weighted by molar-refractivity contribution is 5.94. The molecule has 0 N–H and O–H groups in total. The largest absolute Gasteiger partial charge is 0.338 e. The van der Waals surface area contributed by atoms with Crippen molar-refractivity contribution in [3.8, 4) is 5.82 Å². The van der Waals surface area contributed by atoms with E-state index >= 15 is 0 Å². The van der Waals surface area contributed by atoms with E-state index < -0.39 is 0 Å². The molecule has 138 valence electrons. The number of benzene rings is 1. The first-order valence-electron chi connectivity index (χ1n) is 9.44. The van der Waals surface area contributed by atoms with Gasteiger partial charge >= 0.3 is 0 Å². The predicted octanol–water partition coefficient (Wildman–Crippen LogP) is 3.15. The van der Waals surface area contributed by atoms with Crippen molar-refractivity contribution in [2.24, 2.45) is 5.92 Å². The summed E-state index contributed by atoms with van der Waals surface area (Å²) in [5, 5.41) is 7.59. The Hall–Kier alpha value is -3.02. The second-order valence-electron chi connectivity index (χ2n) is 7.06. The Morgan fingerprint density at radius 1 is 1.11 bits per heavy atom. The van der Waals surface area contributed by atoms with Gasteiger partial charge in [0.1, 0.15) is 18.5 Å². The van der Waals surface area contributed by atoms with Crippen molar-refractivity contribution < 1.29 is 4.79 Å². The van der Waals surface area contributed by atoms with Crippen LogP contribution in [0.5, 0.6) is 0 Å². The molecule has 6 nitrogen and oxygen atoms in total. The fraction of sp³-hybridized carbons (Fsp3) is 0.333. The third kappa shape index (κ3) is 4.22. The summed E-state index contributed by atoms with van der Waals surface area (Å²) < 4.78 is 1.70. The minimum absolute atomic E-state index is 0.0798. The number of rotatable bonds is 5. The third-order valence-corrected chi connectivity index (χ3v) is 5.17. The zero-order valence-electron chi connectivity index (χ0n) is 15.2. The van der Waals surface area contributed by atoms with Crippen LogP contribution >= 0.6 is 0 Å². The maximum atomic E-state index is 13.0. The molecule has 0 unspecified atom stereocenters. The van der Waals surface area contributed by atoms with E-state index in [-0.39, 0.29) is 5.91 Å². The fourth-order valence-corrected chi connectivity index (χ4v) is 3.69. The first-order chi connectivity index (χ1) is 13.3. The molecule has 0 saturated carbocycles. The number of amides is 1. The van der Waals surface area contributed by atoms with Gasteiger partial charge in [0.2, 0.25) is 0 Å². The lowest BCUT2D eigenvalue weighted by Gasteiger charge is -2.33. The number of carbonyl (C=O) groups excluding carboxylic acids is 1. The van der Waals surface area contributed by atoms with Crippen molar-refractivity contribution in [1.82, 2.24) is 24.6 Å². The summed E-state index contributed by atoms with van der Waals surface area (Å²) in [6, 6.07) is 14.2. The molecule has 2 aromatic heterocycles. The third-order valence-electron chi connectivity index (χ3n) is 5.17. The van der Waals surface area contributed by atoms with Crippen LogP contribution in [0.3, 0.4) is 0 Å². The van der Waals surface area contributed by atoms with Crippen molar-refractivity contribution in [3.63, 3.8) is 0 Å². The fourth-order valence-electron chi connectivity index (χ4n) is 3.69. The summed E-state index contributed by atoms with van der Waals surface area (Å²) >= 11 is 0. The molecule has 1 amide bonds. The van der Waals surface area contributed by atoms with Crippen molar-refractivity contribution in [2.45, 2.75) is 25.7 Å². The average Bonchev–Trinajstić information content (AvgIpc) is 3.28. The van der Waals surface area contributed by atoms with E-state index in [4.69, 9.17) is 0 Å². The van der Waals surface area contributed by atoms with Crippen LogP contribution in [0.25, 0.3) is 5.82 Å². The molecular formula is C21H23N5O. The van der Waals surface area contributed by atoms with Crippen LogP contribution < -0.4 is 0 Å². The Balaban J connectivity index is 1.40. The van der Waals surface area contributed by atoms with Crippen LogP contribution in [0.1, 0.15) is 35.2 Å². The first-order valence-corrected chi connectivity index (χ1v) is 9.44. The zero-order chi connectivity index (χ0) is 18.5. The predicted molar refractivity (Wildman–Crippen MR) is 103 cm³/mol. The van der Waals surface area contributed by atoms with Gasteiger partial charge < -0.3 is 4.90 Å². The number of hydrogen-bond acceptors (Lipinski definition) is 4. The van der Waals surface area contributed by atoms with E-state index in [0.717, 1.165) is 32.4 Å². The molecule has 0 aliphatic carbocycles. The van der Waals surface area contributed by atoms with E-state index in [9.17, 15) is 4.79 Å². The smallest absolute Gasteiger partial charge is 0.254 e. The second kappa shape index (κ2) is 8.12. The maximum absolute atomic E-state index is 13.0. The Labute approximate surface area is 158 Å². The number of carbonyl (C=O) groups is 1. The molecule has 4 rings (SSSR count). The minimum Gasteiger partial charge on any atom is -0.338 e. The second-order valence-corrected chi connectivity index (χ2v) is 7.06. The van der Waals surface area contributed by atoms with Gasteiger partial charge in [-0.05, 0) is 49.3 Å². The molecular weight excluding hydrogens is 338 g/mol. The van der Waals surface area contributed by atoms with Crippen molar-refractivity contribution >= 4 is 5.91 Å². The van der Waals surface area contributed by atoms with Crippen LogP contribution in [0.15, 0.2) is 61.3 Å². The van der Waals surface area contributed by atoms with Crippen LogP contribution in [0.4, 0.5) is 0 Å². The molecule has 27 heavy (non-hydrogen) atoms. The summed E-state index contributed by atoms with van der Waals surface area (Å²) in [6.07, 6.45) is 9.28. The molecule has 1 aliphatic heterocycles. The number of likely N-dealkylation sites (tertiary alicyclic amines) is 1. The van der Waals surface area contributed by atoms with Crippen LogP contribution in [0.2, 0.25) is 0 Å². The van der Waals surface area contributed by atoms with E-state index in [1.54, 1.807) is 35.6 Å². The molecule has 1 saturated heterocycles. The normalized spacial score (nSPS) is 17.0. The van der Waals surface area contributed by atoms with Gasteiger partial charge in [-0.25, -0.2) is 4.98 Å². The Morgan fingerprint density at radius 2 is 1.93 bits per heavy atom. The van der Waals surface area contributed by atoms with Gasteiger partial charge in [0.15, 0.2) is 0 Å². The van der Waals surface area contributed by atoms with Crippen molar-refractivity contribution in [2.75, 3.05) is 13.1 Å². The van der Waals surface area contributed by atoms with Gasteiger partial charge in [0.05, 0.1) is 0 Å². The van der Waals surface area contributed by atoms with Crippen LogP contribution in [-0.4, -0.2) is 43.6 Å². The summed E-state index contributed by atoms with van der Waals surface area (Å²) in [4.78, 5) is 19.3. The Bertz CT molecular complexity index is 879. The lowest BCUT2D eigenvalue weighted by Crippen LogP contribution is -2.40. The molecule has 3 aromatic rings. The molecule has 0 bridgehead atoms. The summed E-state index contributed by atoms with van der Waals surface area (Å²) in [5.74, 6) is 1.29. The van der Waals surface area contributed by atoms with Crippen LogP contribution in [0, 0.1) is 5.92 Å². The summed E-state index contributed by atoms with van der Waals surface area (Å²) in [7, 11) is 0. The number of pyridine rings is 1. The molecule has 0 radical (unpaired) electrons. The van der Waals surface area contributed by atoms with Gasteiger partial charge in [0.25, 0.3) is 5.91 Å². The SMILES string of the molecule is O=C(c1ccnc(-n2cnnc2)c1)N1CCC[C@@H](CCc2ccccc2)C1. The molecule has 1 atom stereocenters. The lowest BCUT2D eigenvalue weighted by molar-refractivity contribution is 0.0668. The van der Waals surface area contributed by atoms with E-state index in [2.05, 4.69) is 39.4 Å². The molecule has 0 spiro atoms. The lowest BCUT2D eigenvalue weighted by atomic mass is 9.91. The number of aromatic nitrogens is 4. The summed E-state index contributed by atoms with van der Waals surface area (Å²) in [5.41, 5.74) is 2.03. The molecule has 1 fully saturated rings. The zero-order valence-corrected chi connectivity index (χ0v) is 15.2.